The number of anilines is 1. The molecule has 1 aromatic heterocycles. The third-order valence-corrected chi connectivity index (χ3v) is 2.36. The molecule has 7 heteroatoms. The fourth-order valence-corrected chi connectivity index (χ4v) is 1.45. The van der Waals surface area contributed by atoms with Gasteiger partial charge in [-0.3, -0.25) is 9.89 Å². The molecular weight excluding hydrogens is 235 g/mol. The number of alkyl halides is 3. The van der Waals surface area contributed by atoms with Crippen LogP contribution in [-0.4, -0.2) is 29.3 Å². The van der Waals surface area contributed by atoms with Crippen molar-refractivity contribution in [1.29, 1.82) is 0 Å². The number of nitrogens with zero attached hydrogens (tertiary/aromatic N) is 2. The molecule has 17 heavy (non-hydrogen) atoms. The van der Waals surface area contributed by atoms with Crippen LogP contribution in [0, 0.1) is 0 Å². The summed E-state index contributed by atoms with van der Waals surface area (Å²) in [6.45, 7) is 0. The molecule has 1 heterocycles. The zero-order valence-electron chi connectivity index (χ0n) is 8.75. The Balaban J connectivity index is 2.36. The van der Waals surface area contributed by atoms with Crippen LogP contribution < -0.4 is 4.90 Å². The molecule has 1 aromatic carbocycles. The summed E-state index contributed by atoms with van der Waals surface area (Å²) in [4.78, 5) is 11.6. The lowest BCUT2D eigenvalue weighted by Crippen LogP contribution is -2.38. The van der Waals surface area contributed by atoms with E-state index in [9.17, 15) is 18.0 Å². The smallest absolute Gasteiger partial charge is 0.308 e. The number of fused-ring (bicyclic) bond motifs is 1. The van der Waals surface area contributed by atoms with Crippen molar-refractivity contribution in [3.05, 3.63) is 24.4 Å². The Morgan fingerprint density at radius 2 is 2.12 bits per heavy atom. The molecule has 0 aliphatic heterocycles. The minimum Gasteiger partial charge on any atom is -0.308 e. The van der Waals surface area contributed by atoms with Crippen molar-refractivity contribution in [3.8, 4) is 0 Å². The van der Waals surface area contributed by atoms with Crippen molar-refractivity contribution in [2.45, 2.75) is 6.18 Å². The minimum absolute atomic E-state index is 0.168. The molecule has 2 rings (SSSR count). The van der Waals surface area contributed by atoms with E-state index in [1.807, 2.05) is 0 Å². The molecule has 2 aromatic rings. The number of amides is 1. The van der Waals surface area contributed by atoms with Crippen molar-refractivity contribution in [3.63, 3.8) is 0 Å². The van der Waals surface area contributed by atoms with Crippen LogP contribution in [0.4, 0.5) is 18.9 Å². The number of hydrogen-bond donors (Lipinski definition) is 1. The Morgan fingerprint density at radius 1 is 1.41 bits per heavy atom. The van der Waals surface area contributed by atoms with Gasteiger partial charge >= 0.3 is 12.1 Å². The summed E-state index contributed by atoms with van der Waals surface area (Å²) in [5.41, 5.74) is 0.864. The SMILES string of the molecule is CN(C(=O)C(F)(F)F)c1ccc2[nH]ncc2c1. The maximum atomic E-state index is 12.2. The van der Waals surface area contributed by atoms with E-state index < -0.39 is 12.1 Å². The molecule has 0 unspecified atom stereocenters. The second kappa shape index (κ2) is 3.76. The van der Waals surface area contributed by atoms with Crippen LogP contribution in [0.3, 0.4) is 0 Å². The van der Waals surface area contributed by atoms with Gasteiger partial charge in [-0.2, -0.15) is 18.3 Å². The molecule has 0 aliphatic carbocycles. The second-order valence-corrected chi connectivity index (χ2v) is 3.50. The number of carbonyl (C=O) groups excluding carboxylic acids is 1. The number of nitrogens with one attached hydrogen (secondary N) is 1. The van der Waals surface area contributed by atoms with Crippen LogP contribution in [0.1, 0.15) is 0 Å². The normalized spacial score (nSPS) is 11.8. The third kappa shape index (κ3) is 2.08. The molecule has 0 bridgehead atoms. The lowest BCUT2D eigenvalue weighted by atomic mass is 10.2. The Hall–Kier alpha value is -2.05. The van der Waals surface area contributed by atoms with Gasteiger partial charge in [-0.05, 0) is 18.2 Å². The predicted octanol–water partition coefficient (Wildman–Crippen LogP) is 2.09. The molecular formula is C10H8F3N3O. The van der Waals surface area contributed by atoms with E-state index in [0.29, 0.717) is 15.8 Å². The number of carbonyl (C=O) groups is 1. The number of hydrogen-bond acceptors (Lipinski definition) is 2. The molecule has 1 N–H and O–H groups in total. The molecule has 4 nitrogen and oxygen atoms in total. The summed E-state index contributed by atoms with van der Waals surface area (Å²) >= 11 is 0. The first-order valence-electron chi connectivity index (χ1n) is 4.67. The number of aromatic nitrogens is 2. The highest BCUT2D eigenvalue weighted by molar-refractivity contribution is 5.98. The van der Waals surface area contributed by atoms with Gasteiger partial charge in [0.25, 0.3) is 0 Å². The first kappa shape index (κ1) is 11.4. The van der Waals surface area contributed by atoms with Crippen LogP contribution in [-0.2, 0) is 4.79 Å². The van der Waals surface area contributed by atoms with E-state index >= 15 is 0 Å². The average Bonchev–Trinajstić information content (AvgIpc) is 2.72. The topological polar surface area (TPSA) is 49.0 Å². The van der Waals surface area contributed by atoms with Crippen molar-refractivity contribution in [1.82, 2.24) is 10.2 Å². The van der Waals surface area contributed by atoms with Crippen LogP contribution >= 0.6 is 0 Å². The fraction of sp³-hybridized carbons (Fsp3) is 0.200. The van der Waals surface area contributed by atoms with Crippen LogP contribution in [0.25, 0.3) is 10.9 Å². The van der Waals surface area contributed by atoms with Gasteiger partial charge in [-0.1, -0.05) is 0 Å². The maximum absolute atomic E-state index is 12.2. The molecule has 90 valence electrons. The van der Waals surface area contributed by atoms with E-state index in [-0.39, 0.29) is 5.69 Å². The van der Waals surface area contributed by atoms with Gasteiger partial charge in [-0.15, -0.1) is 0 Å². The summed E-state index contributed by atoms with van der Waals surface area (Å²) in [7, 11) is 1.08. The first-order chi connectivity index (χ1) is 7.89. The molecule has 0 fully saturated rings. The largest absolute Gasteiger partial charge is 0.471 e. The number of H-pyrrole nitrogens is 1. The summed E-state index contributed by atoms with van der Waals surface area (Å²) < 4.78 is 36.7. The highest BCUT2D eigenvalue weighted by atomic mass is 19.4. The molecule has 0 spiro atoms. The van der Waals surface area contributed by atoms with E-state index in [1.54, 1.807) is 6.07 Å². The van der Waals surface area contributed by atoms with Gasteiger partial charge < -0.3 is 4.90 Å². The number of halogens is 3. The quantitative estimate of drug-likeness (QED) is 0.833. The highest BCUT2D eigenvalue weighted by Gasteiger charge is 2.41. The van der Waals surface area contributed by atoms with Gasteiger partial charge in [0.15, 0.2) is 0 Å². The summed E-state index contributed by atoms with van der Waals surface area (Å²) in [6, 6.07) is 4.45. The first-order valence-corrected chi connectivity index (χ1v) is 4.67. The maximum Gasteiger partial charge on any atom is 0.471 e. The Bertz CT molecular complexity index is 561. The predicted molar refractivity (Wildman–Crippen MR) is 55.6 cm³/mol. The van der Waals surface area contributed by atoms with Crippen molar-refractivity contribution in [2.75, 3.05) is 11.9 Å². The summed E-state index contributed by atoms with van der Waals surface area (Å²) in [5, 5.41) is 7.06. The van der Waals surface area contributed by atoms with E-state index in [4.69, 9.17) is 0 Å². The van der Waals surface area contributed by atoms with E-state index in [2.05, 4.69) is 10.2 Å². The van der Waals surface area contributed by atoms with Gasteiger partial charge in [0, 0.05) is 18.1 Å². The Kier molecular flexibility index (Phi) is 2.53. The van der Waals surface area contributed by atoms with Crippen molar-refractivity contribution < 1.29 is 18.0 Å². The lowest BCUT2D eigenvalue weighted by molar-refractivity contribution is -0.170. The summed E-state index contributed by atoms with van der Waals surface area (Å²) in [6.07, 6.45) is -3.40. The Labute approximate surface area is 94.0 Å². The molecule has 0 saturated heterocycles. The number of rotatable bonds is 1. The lowest BCUT2D eigenvalue weighted by Gasteiger charge is -2.18. The molecule has 0 saturated carbocycles. The molecule has 0 aliphatic rings. The summed E-state index contributed by atoms with van der Waals surface area (Å²) in [5.74, 6) is -1.90. The van der Waals surface area contributed by atoms with E-state index in [0.717, 1.165) is 7.05 Å². The molecule has 0 radical (unpaired) electrons. The number of aromatic amines is 1. The zero-order valence-corrected chi connectivity index (χ0v) is 8.75. The molecule has 0 atom stereocenters. The van der Waals surface area contributed by atoms with Gasteiger partial charge in [0.2, 0.25) is 0 Å². The van der Waals surface area contributed by atoms with Crippen molar-refractivity contribution in [2.24, 2.45) is 0 Å². The van der Waals surface area contributed by atoms with Crippen LogP contribution in [0.5, 0.6) is 0 Å². The van der Waals surface area contributed by atoms with E-state index in [1.165, 1.54) is 18.3 Å². The van der Waals surface area contributed by atoms with Crippen LogP contribution in [0.15, 0.2) is 24.4 Å². The highest BCUT2D eigenvalue weighted by Crippen LogP contribution is 2.24. The standard InChI is InChI=1S/C10H8F3N3O/c1-16(9(17)10(11,12)13)7-2-3-8-6(4-7)5-14-15-8/h2-5H,1H3,(H,14,15). The monoisotopic (exact) mass is 243 g/mol. The van der Waals surface area contributed by atoms with Gasteiger partial charge in [0.1, 0.15) is 0 Å². The molecule has 1 amide bonds. The van der Waals surface area contributed by atoms with Crippen LogP contribution in [0.2, 0.25) is 0 Å². The average molecular weight is 243 g/mol. The Morgan fingerprint density at radius 3 is 2.76 bits per heavy atom. The zero-order chi connectivity index (χ0) is 12.6. The fourth-order valence-electron chi connectivity index (χ4n) is 1.45. The minimum atomic E-state index is -4.87. The van der Waals surface area contributed by atoms with Gasteiger partial charge in [0.05, 0.1) is 11.7 Å². The van der Waals surface area contributed by atoms with Crippen molar-refractivity contribution >= 4 is 22.5 Å². The third-order valence-electron chi connectivity index (χ3n) is 2.36. The van der Waals surface area contributed by atoms with Gasteiger partial charge in [-0.25, -0.2) is 0 Å². The second-order valence-electron chi connectivity index (χ2n) is 3.50. The number of benzene rings is 1.